The predicted molar refractivity (Wildman–Crippen MR) is 104 cm³/mol. The van der Waals surface area contributed by atoms with Crippen LogP contribution >= 0.6 is 11.6 Å². The van der Waals surface area contributed by atoms with Gasteiger partial charge in [-0.15, -0.1) is 0 Å². The largest absolute Gasteiger partial charge is 0.481 e. The normalized spacial score (nSPS) is 28.3. The zero-order valence-electron chi connectivity index (χ0n) is 15.4. The van der Waals surface area contributed by atoms with Crippen molar-refractivity contribution < 1.29 is 15.0 Å². The Morgan fingerprint density at radius 2 is 1.92 bits per heavy atom. The Kier molecular flexibility index (Phi) is 6.10. The first-order valence-corrected chi connectivity index (χ1v) is 10.0. The van der Waals surface area contributed by atoms with E-state index >= 15 is 0 Å². The molecule has 2 saturated heterocycles. The number of piperidine rings is 2. The second-order valence-corrected chi connectivity index (χ2v) is 8.06. The number of benzene rings is 1. The van der Waals surface area contributed by atoms with Crippen LogP contribution in [0, 0.1) is 5.41 Å². The minimum Gasteiger partial charge on any atom is -0.481 e. The van der Waals surface area contributed by atoms with Gasteiger partial charge in [0.05, 0.1) is 16.8 Å². The number of carboxylic acids is 1. The zero-order valence-corrected chi connectivity index (χ0v) is 16.2. The topological polar surface area (TPSA) is 64.0 Å². The van der Waals surface area contributed by atoms with Gasteiger partial charge in [-0.05, 0) is 37.8 Å². The molecule has 2 N–H and O–H groups in total. The lowest BCUT2D eigenvalue weighted by atomic mass is 9.73. The standard InChI is InChI=1S/C20H29ClN2O3/c1-2-10-20(19(25)26)14-23(13-9-18(20)24)15-7-11-22(12-8-15)17-6-4-3-5-16(17)21/h3-6,15,18,24H,2,7-14H2,1H3,(H,25,26)/t18-,20+/m1/s1. The number of halogens is 1. The van der Waals surface area contributed by atoms with Crippen LogP contribution in [0.3, 0.4) is 0 Å². The Bertz CT molecular complexity index is 633. The molecule has 0 radical (unpaired) electrons. The molecule has 0 spiro atoms. The number of hydrogen-bond donors (Lipinski definition) is 2. The minimum atomic E-state index is -1.02. The summed E-state index contributed by atoms with van der Waals surface area (Å²) in [5.41, 5.74) is 0.0555. The number of anilines is 1. The minimum absolute atomic E-state index is 0.372. The Morgan fingerprint density at radius 1 is 1.23 bits per heavy atom. The predicted octanol–water partition coefficient (Wildman–Crippen LogP) is 3.25. The van der Waals surface area contributed by atoms with Gasteiger partial charge in [-0.25, -0.2) is 0 Å². The van der Waals surface area contributed by atoms with Gasteiger partial charge < -0.3 is 15.1 Å². The third-order valence-electron chi connectivity index (χ3n) is 6.11. The van der Waals surface area contributed by atoms with Crippen LogP contribution in [0.4, 0.5) is 5.69 Å². The summed E-state index contributed by atoms with van der Waals surface area (Å²) >= 11 is 6.32. The average molecular weight is 381 g/mol. The van der Waals surface area contributed by atoms with Crippen LogP contribution in [0.25, 0.3) is 0 Å². The van der Waals surface area contributed by atoms with Crippen molar-refractivity contribution in [3.63, 3.8) is 0 Å². The van der Waals surface area contributed by atoms with Gasteiger partial charge >= 0.3 is 5.97 Å². The Morgan fingerprint density at radius 3 is 2.54 bits per heavy atom. The molecule has 2 fully saturated rings. The number of aliphatic hydroxyl groups is 1. The third kappa shape index (κ3) is 3.71. The molecule has 0 saturated carbocycles. The molecule has 2 aliphatic heterocycles. The van der Waals surface area contributed by atoms with Crippen LogP contribution < -0.4 is 4.90 Å². The van der Waals surface area contributed by atoms with Gasteiger partial charge in [0.1, 0.15) is 5.41 Å². The molecule has 3 rings (SSSR count). The lowest BCUT2D eigenvalue weighted by molar-refractivity contribution is -0.166. The van der Waals surface area contributed by atoms with E-state index in [1.807, 2.05) is 25.1 Å². The molecular formula is C20H29ClN2O3. The molecule has 2 heterocycles. The van der Waals surface area contributed by atoms with Crippen molar-refractivity contribution in [3.05, 3.63) is 29.3 Å². The van der Waals surface area contributed by atoms with Crippen molar-refractivity contribution in [2.75, 3.05) is 31.1 Å². The van der Waals surface area contributed by atoms with Crippen molar-refractivity contribution in [3.8, 4) is 0 Å². The van der Waals surface area contributed by atoms with E-state index in [1.54, 1.807) is 0 Å². The molecule has 1 aromatic rings. The first-order valence-electron chi connectivity index (χ1n) is 9.63. The van der Waals surface area contributed by atoms with Crippen molar-refractivity contribution in [1.82, 2.24) is 4.90 Å². The highest BCUT2D eigenvalue weighted by Gasteiger charge is 2.49. The maximum Gasteiger partial charge on any atom is 0.313 e. The van der Waals surface area contributed by atoms with Gasteiger partial charge in [0.25, 0.3) is 0 Å². The van der Waals surface area contributed by atoms with Crippen molar-refractivity contribution in [2.45, 2.75) is 51.2 Å². The number of likely N-dealkylation sites (tertiary alicyclic amines) is 1. The van der Waals surface area contributed by atoms with E-state index in [0.717, 1.165) is 49.6 Å². The van der Waals surface area contributed by atoms with Gasteiger partial charge in [0.2, 0.25) is 0 Å². The van der Waals surface area contributed by atoms with Gasteiger partial charge in [-0.3, -0.25) is 9.69 Å². The number of nitrogens with zero attached hydrogens (tertiary/aromatic N) is 2. The van der Waals surface area contributed by atoms with E-state index in [0.29, 0.717) is 25.4 Å². The van der Waals surface area contributed by atoms with E-state index in [4.69, 9.17) is 11.6 Å². The van der Waals surface area contributed by atoms with Crippen LogP contribution in [0.5, 0.6) is 0 Å². The second kappa shape index (κ2) is 8.15. The van der Waals surface area contributed by atoms with Crippen LogP contribution in [0.1, 0.15) is 39.0 Å². The number of carboxylic acid groups (broad SMARTS) is 1. The Balaban J connectivity index is 1.66. The Hall–Kier alpha value is -1.30. The molecule has 0 unspecified atom stereocenters. The van der Waals surface area contributed by atoms with Gasteiger partial charge in [0.15, 0.2) is 0 Å². The summed E-state index contributed by atoms with van der Waals surface area (Å²) in [5, 5.41) is 21.0. The van der Waals surface area contributed by atoms with Crippen molar-refractivity contribution in [1.29, 1.82) is 0 Å². The molecule has 0 aliphatic carbocycles. The first kappa shape index (κ1) is 19.5. The molecule has 26 heavy (non-hydrogen) atoms. The number of aliphatic carboxylic acids is 1. The number of aliphatic hydroxyl groups excluding tert-OH is 1. The highest BCUT2D eigenvalue weighted by Crippen LogP contribution is 2.38. The van der Waals surface area contributed by atoms with E-state index in [9.17, 15) is 15.0 Å². The number of carbonyl (C=O) groups is 1. The maximum atomic E-state index is 12.0. The quantitative estimate of drug-likeness (QED) is 0.820. The molecule has 2 aliphatic rings. The summed E-state index contributed by atoms with van der Waals surface area (Å²) in [6, 6.07) is 8.29. The molecule has 0 aromatic heterocycles. The summed E-state index contributed by atoms with van der Waals surface area (Å²) in [4.78, 5) is 16.6. The molecule has 0 amide bonds. The van der Waals surface area contributed by atoms with E-state index in [2.05, 4.69) is 15.9 Å². The lowest BCUT2D eigenvalue weighted by Gasteiger charge is -2.48. The summed E-state index contributed by atoms with van der Waals surface area (Å²) in [5.74, 6) is -0.856. The van der Waals surface area contributed by atoms with Crippen LogP contribution in [-0.4, -0.2) is 59.4 Å². The van der Waals surface area contributed by atoms with Gasteiger partial charge in [-0.2, -0.15) is 0 Å². The molecule has 144 valence electrons. The van der Waals surface area contributed by atoms with Gasteiger partial charge in [0, 0.05) is 32.2 Å². The van der Waals surface area contributed by atoms with E-state index in [-0.39, 0.29) is 0 Å². The fourth-order valence-corrected chi connectivity index (χ4v) is 4.87. The summed E-state index contributed by atoms with van der Waals surface area (Å²) in [6.45, 7) is 5.05. The molecular weight excluding hydrogens is 352 g/mol. The zero-order chi connectivity index (χ0) is 18.7. The number of para-hydroxylation sites is 1. The van der Waals surface area contributed by atoms with Crippen molar-refractivity contribution in [2.24, 2.45) is 5.41 Å². The SMILES string of the molecule is CCC[C@]1(C(=O)O)CN(C2CCN(c3ccccc3Cl)CC2)CC[C@H]1O. The van der Waals surface area contributed by atoms with Crippen molar-refractivity contribution >= 4 is 23.3 Å². The van der Waals surface area contributed by atoms with E-state index in [1.165, 1.54) is 0 Å². The first-order chi connectivity index (χ1) is 12.5. The monoisotopic (exact) mass is 380 g/mol. The fourth-order valence-electron chi connectivity index (χ4n) is 4.61. The number of hydrogen-bond acceptors (Lipinski definition) is 4. The van der Waals surface area contributed by atoms with Crippen LogP contribution in [-0.2, 0) is 4.79 Å². The fraction of sp³-hybridized carbons (Fsp3) is 0.650. The third-order valence-corrected chi connectivity index (χ3v) is 6.43. The van der Waals surface area contributed by atoms with Crippen LogP contribution in [0.15, 0.2) is 24.3 Å². The summed E-state index contributed by atoms with van der Waals surface area (Å²) in [6.07, 6.45) is 3.06. The summed E-state index contributed by atoms with van der Waals surface area (Å²) < 4.78 is 0. The second-order valence-electron chi connectivity index (χ2n) is 7.66. The van der Waals surface area contributed by atoms with E-state index < -0.39 is 17.5 Å². The Labute approximate surface area is 160 Å². The highest BCUT2D eigenvalue weighted by molar-refractivity contribution is 6.33. The van der Waals surface area contributed by atoms with Gasteiger partial charge in [-0.1, -0.05) is 37.1 Å². The summed E-state index contributed by atoms with van der Waals surface area (Å²) in [7, 11) is 0. The molecule has 5 nitrogen and oxygen atoms in total. The molecule has 0 bridgehead atoms. The molecule has 6 heteroatoms. The number of rotatable bonds is 5. The molecule has 2 atom stereocenters. The average Bonchev–Trinajstić information content (AvgIpc) is 2.64. The van der Waals surface area contributed by atoms with Crippen LogP contribution in [0.2, 0.25) is 5.02 Å². The smallest absolute Gasteiger partial charge is 0.313 e. The highest BCUT2D eigenvalue weighted by atomic mass is 35.5. The lowest BCUT2D eigenvalue weighted by Crippen LogP contribution is -2.59. The molecule has 1 aromatic carbocycles. The maximum absolute atomic E-state index is 12.0.